The van der Waals surface area contributed by atoms with Gasteiger partial charge in [-0.25, -0.2) is 4.98 Å². The lowest BCUT2D eigenvalue weighted by atomic mass is 10.2. The zero-order chi connectivity index (χ0) is 13.1. The van der Waals surface area contributed by atoms with Gasteiger partial charge in [0.05, 0.1) is 18.3 Å². The smallest absolute Gasteiger partial charge is 0.225 e. The number of hydrogen-bond donors (Lipinski definition) is 3. The Labute approximate surface area is 114 Å². The van der Waals surface area contributed by atoms with Crippen molar-refractivity contribution in [1.29, 1.82) is 5.41 Å². The number of ether oxygens (including phenoxy) is 1. The molecule has 1 aliphatic heterocycles. The normalized spacial score (nSPS) is 23.1. The summed E-state index contributed by atoms with van der Waals surface area (Å²) in [6.07, 6.45) is 2.11. The molecule has 2 heterocycles. The van der Waals surface area contributed by atoms with Crippen LogP contribution in [-0.4, -0.2) is 40.2 Å². The summed E-state index contributed by atoms with van der Waals surface area (Å²) >= 11 is 11.6. The topological polar surface area (TPSA) is 91.1 Å². The minimum atomic E-state index is -0.275. The van der Waals surface area contributed by atoms with Crippen LogP contribution in [0.2, 0.25) is 10.4 Å². The third-order valence-electron chi connectivity index (χ3n) is 2.63. The molecule has 1 fully saturated rings. The number of halogens is 2. The number of aliphatic hydroxyl groups is 1. The summed E-state index contributed by atoms with van der Waals surface area (Å²) in [5, 5.41) is 19.4. The first-order valence-electron chi connectivity index (χ1n) is 5.40. The van der Waals surface area contributed by atoms with Gasteiger partial charge in [0.25, 0.3) is 0 Å². The van der Waals surface area contributed by atoms with Crippen LogP contribution < -0.4 is 5.32 Å². The molecular weight excluding hydrogens is 279 g/mol. The van der Waals surface area contributed by atoms with Crippen LogP contribution in [-0.2, 0) is 4.74 Å². The number of rotatable bonds is 4. The van der Waals surface area contributed by atoms with E-state index in [0.29, 0.717) is 11.4 Å². The Bertz CT molecular complexity index is 458. The van der Waals surface area contributed by atoms with Crippen LogP contribution in [0.3, 0.4) is 0 Å². The van der Waals surface area contributed by atoms with Gasteiger partial charge in [0.2, 0.25) is 5.28 Å². The number of aromatic nitrogens is 2. The van der Waals surface area contributed by atoms with Gasteiger partial charge in [0, 0.05) is 6.21 Å². The zero-order valence-electron chi connectivity index (χ0n) is 9.36. The van der Waals surface area contributed by atoms with Gasteiger partial charge >= 0.3 is 0 Å². The molecule has 8 heteroatoms. The van der Waals surface area contributed by atoms with Crippen molar-refractivity contribution >= 4 is 35.2 Å². The van der Waals surface area contributed by atoms with Gasteiger partial charge in [-0.2, -0.15) is 4.98 Å². The maximum absolute atomic E-state index is 8.98. The molecule has 0 aliphatic carbocycles. The molecule has 18 heavy (non-hydrogen) atoms. The van der Waals surface area contributed by atoms with E-state index in [-0.39, 0.29) is 29.4 Å². The molecule has 0 bridgehead atoms. The molecule has 0 aromatic carbocycles. The molecule has 0 saturated carbocycles. The van der Waals surface area contributed by atoms with Gasteiger partial charge in [0.1, 0.15) is 17.2 Å². The molecule has 1 aliphatic rings. The van der Waals surface area contributed by atoms with Crippen LogP contribution in [0.1, 0.15) is 18.4 Å². The molecule has 2 rings (SSSR count). The molecule has 0 radical (unpaired) electrons. The Hall–Kier alpha value is -0.950. The van der Waals surface area contributed by atoms with Crippen LogP contribution >= 0.6 is 23.2 Å². The van der Waals surface area contributed by atoms with Gasteiger partial charge in [-0.05, 0) is 24.4 Å². The van der Waals surface area contributed by atoms with Crippen molar-refractivity contribution < 1.29 is 9.84 Å². The lowest BCUT2D eigenvalue weighted by Crippen LogP contribution is -2.23. The second kappa shape index (κ2) is 5.79. The average molecular weight is 291 g/mol. The second-order valence-electron chi connectivity index (χ2n) is 3.84. The highest BCUT2D eigenvalue weighted by Crippen LogP contribution is 2.25. The van der Waals surface area contributed by atoms with Crippen molar-refractivity contribution in [2.45, 2.75) is 25.2 Å². The molecule has 98 valence electrons. The first-order valence-corrected chi connectivity index (χ1v) is 6.16. The Morgan fingerprint density at radius 3 is 2.83 bits per heavy atom. The summed E-state index contributed by atoms with van der Waals surface area (Å²) in [4.78, 5) is 7.74. The first-order chi connectivity index (χ1) is 8.63. The van der Waals surface area contributed by atoms with Crippen LogP contribution in [0.4, 0.5) is 5.82 Å². The highest BCUT2D eigenvalue weighted by Gasteiger charge is 2.25. The monoisotopic (exact) mass is 290 g/mol. The molecule has 2 unspecified atom stereocenters. The Morgan fingerprint density at radius 2 is 2.22 bits per heavy atom. The second-order valence-corrected chi connectivity index (χ2v) is 4.54. The van der Waals surface area contributed by atoms with Crippen molar-refractivity contribution in [1.82, 2.24) is 9.97 Å². The SMILES string of the molecule is N=Cc1c(Cl)nc(Cl)nc1NC1CCC(CO)O1. The van der Waals surface area contributed by atoms with Crippen LogP contribution in [0.15, 0.2) is 0 Å². The number of hydrogen-bond acceptors (Lipinski definition) is 6. The average Bonchev–Trinajstić information content (AvgIpc) is 2.76. The van der Waals surface area contributed by atoms with E-state index in [1.807, 2.05) is 0 Å². The summed E-state index contributed by atoms with van der Waals surface area (Å²) in [6.45, 7) is -0.0130. The lowest BCUT2D eigenvalue weighted by molar-refractivity contribution is 0.0234. The van der Waals surface area contributed by atoms with Gasteiger partial charge in [0.15, 0.2) is 0 Å². The number of aliphatic hydroxyl groups excluding tert-OH is 1. The Morgan fingerprint density at radius 1 is 1.44 bits per heavy atom. The maximum atomic E-state index is 8.98. The fraction of sp³-hybridized carbons (Fsp3) is 0.500. The first kappa shape index (κ1) is 13.5. The molecule has 3 N–H and O–H groups in total. The molecule has 0 spiro atoms. The quantitative estimate of drug-likeness (QED) is 0.446. The van der Waals surface area contributed by atoms with Crippen LogP contribution in [0, 0.1) is 5.41 Å². The van der Waals surface area contributed by atoms with Crippen molar-refractivity contribution in [3.63, 3.8) is 0 Å². The molecule has 1 saturated heterocycles. The van der Waals surface area contributed by atoms with Gasteiger partial charge in [-0.3, -0.25) is 0 Å². The summed E-state index contributed by atoms with van der Waals surface area (Å²) in [6, 6.07) is 0. The lowest BCUT2D eigenvalue weighted by Gasteiger charge is -2.16. The minimum absolute atomic E-state index is 0.00445. The third kappa shape index (κ3) is 2.89. The van der Waals surface area contributed by atoms with Gasteiger partial charge in [-0.15, -0.1) is 0 Å². The van der Waals surface area contributed by atoms with Crippen molar-refractivity contribution in [2.75, 3.05) is 11.9 Å². The van der Waals surface area contributed by atoms with E-state index in [0.717, 1.165) is 19.1 Å². The van der Waals surface area contributed by atoms with E-state index in [4.69, 9.17) is 38.5 Å². The number of anilines is 1. The van der Waals surface area contributed by atoms with E-state index in [2.05, 4.69) is 15.3 Å². The summed E-state index contributed by atoms with van der Waals surface area (Å²) < 4.78 is 5.51. The van der Waals surface area contributed by atoms with Gasteiger partial charge < -0.3 is 20.6 Å². The van der Waals surface area contributed by atoms with E-state index in [9.17, 15) is 0 Å². The van der Waals surface area contributed by atoms with Crippen LogP contribution in [0.5, 0.6) is 0 Å². The third-order valence-corrected chi connectivity index (χ3v) is 3.08. The van der Waals surface area contributed by atoms with E-state index in [1.165, 1.54) is 0 Å². The van der Waals surface area contributed by atoms with Crippen LogP contribution in [0.25, 0.3) is 0 Å². The van der Waals surface area contributed by atoms with E-state index >= 15 is 0 Å². The molecular formula is C10H12Cl2N4O2. The predicted molar refractivity (Wildman–Crippen MR) is 68.5 cm³/mol. The minimum Gasteiger partial charge on any atom is -0.394 e. The summed E-state index contributed by atoms with van der Waals surface area (Å²) in [7, 11) is 0. The largest absolute Gasteiger partial charge is 0.394 e. The Balaban J connectivity index is 2.16. The molecule has 6 nitrogen and oxygen atoms in total. The van der Waals surface area contributed by atoms with E-state index < -0.39 is 0 Å². The van der Waals surface area contributed by atoms with E-state index in [1.54, 1.807) is 0 Å². The van der Waals surface area contributed by atoms with Gasteiger partial charge in [-0.1, -0.05) is 11.6 Å². The number of nitrogens with zero attached hydrogens (tertiary/aromatic N) is 2. The Kier molecular flexibility index (Phi) is 4.34. The zero-order valence-corrected chi connectivity index (χ0v) is 10.9. The molecule has 1 aromatic heterocycles. The standard InChI is InChI=1S/C10H12Cl2N4O2/c11-8-6(3-13)9(16-10(12)15-8)14-7-2-1-5(4-17)18-7/h3,5,7,13,17H,1-2,4H2,(H,14,15,16). The fourth-order valence-corrected chi connectivity index (χ4v) is 2.19. The number of nitrogens with one attached hydrogen (secondary N) is 2. The van der Waals surface area contributed by atoms with Crippen molar-refractivity contribution in [3.8, 4) is 0 Å². The fourth-order valence-electron chi connectivity index (χ4n) is 1.75. The summed E-state index contributed by atoms with van der Waals surface area (Å²) in [5.74, 6) is 0.360. The molecule has 0 amide bonds. The van der Waals surface area contributed by atoms with Crippen molar-refractivity contribution in [2.24, 2.45) is 0 Å². The molecule has 2 atom stereocenters. The highest BCUT2D eigenvalue weighted by atomic mass is 35.5. The predicted octanol–water partition coefficient (Wildman–Crippen LogP) is 1.69. The highest BCUT2D eigenvalue weighted by molar-refractivity contribution is 6.34. The van der Waals surface area contributed by atoms with Crippen molar-refractivity contribution in [3.05, 3.63) is 16.0 Å². The summed E-state index contributed by atoms with van der Waals surface area (Å²) in [5.41, 5.74) is 0.358. The maximum Gasteiger partial charge on any atom is 0.225 e. The molecule has 1 aromatic rings.